The van der Waals surface area contributed by atoms with E-state index in [0.717, 1.165) is 75.3 Å². The van der Waals surface area contributed by atoms with E-state index in [4.69, 9.17) is 22.6 Å². The van der Waals surface area contributed by atoms with Gasteiger partial charge in [-0.3, -0.25) is 24.8 Å². The van der Waals surface area contributed by atoms with Crippen molar-refractivity contribution in [2.24, 2.45) is 39.9 Å². The molecule has 12 nitrogen and oxygen atoms in total. The minimum absolute atomic E-state index is 0.00381. The zero-order valence-electron chi connectivity index (χ0n) is 29.0. The van der Waals surface area contributed by atoms with E-state index in [1.165, 1.54) is 0 Å². The number of nitrogens with one attached hydrogen (secondary N) is 4. The molecule has 2 aliphatic rings. The Hall–Kier alpha value is -4.92. The minimum atomic E-state index is -0.882. The Balaban J connectivity index is 1.53. The highest BCUT2D eigenvalue weighted by atomic mass is 16.2. The van der Waals surface area contributed by atoms with Crippen molar-refractivity contribution >= 4 is 29.5 Å². The average Bonchev–Trinajstić information content (AvgIpc) is 3.13. The number of nitrogens with two attached hydrogens (primary N) is 3. The van der Waals surface area contributed by atoms with Crippen LogP contribution in [0.2, 0.25) is 0 Å². The molecule has 12 heteroatoms. The molecule has 0 saturated heterocycles. The second-order valence-electron chi connectivity index (χ2n) is 13.7. The van der Waals surface area contributed by atoms with Crippen molar-refractivity contribution in [2.45, 2.75) is 102 Å². The van der Waals surface area contributed by atoms with Crippen LogP contribution in [0.25, 0.3) is 0 Å². The number of carbonyl (C=O) groups is 3. The average molecular weight is 684 g/mol. The summed E-state index contributed by atoms with van der Waals surface area (Å²) in [5, 5.41) is 26.1. The molecule has 268 valence electrons. The molecular formula is C38H53N9O3. The number of hydrogen-bond donors (Lipinski definition) is 7. The summed E-state index contributed by atoms with van der Waals surface area (Å²) in [6.07, 6.45) is 11.1. The van der Waals surface area contributed by atoms with E-state index >= 15 is 0 Å². The number of aliphatic imine (C=N–C) groups is 1. The number of nitrogens with zero attached hydrogens (tertiary/aromatic N) is 2. The molecule has 0 bridgehead atoms. The van der Waals surface area contributed by atoms with Gasteiger partial charge in [-0.2, -0.15) is 5.26 Å². The van der Waals surface area contributed by atoms with Gasteiger partial charge in [-0.1, -0.05) is 74.9 Å². The fourth-order valence-corrected chi connectivity index (χ4v) is 7.31. The van der Waals surface area contributed by atoms with E-state index in [0.29, 0.717) is 36.9 Å². The van der Waals surface area contributed by atoms with E-state index in [1.54, 1.807) is 18.2 Å². The summed E-state index contributed by atoms with van der Waals surface area (Å²) in [6, 6.07) is 14.9. The number of amides is 3. The Morgan fingerprint density at radius 1 is 0.840 bits per heavy atom. The topological polar surface area (TPSA) is 225 Å². The Bertz CT molecular complexity index is 1520. The smallest absolute Gasteiger partial charge is 0.243 e. The standard InChI is InChI=1S/C38H53N9O3/c39-23-26-9-7-10-27(21-26)24-45-36(49)32(15-8-20-44-38(42)43)46-37(50)33(29-13-5-2-6-14-29)47-35(48)31(28-11-3-1-4-12-28)22-25-16-18-30(19-17-25)34(40)41/h7,9-10,16-19,21,28-29,31-33H,1-6,8,11-15,20,22,24H2,(H3,40,41)(H,45,49)(H,46,50)(H,47,48)(H4,42,43,44)/t31?,32-,33?/m0/s1. The normalized spacial score (nSPS) is 16.9. The Labute approximate surface area is 295 Å². The van der Waals surface area contributed by atoms with Crippen LogP contribution in [0, 0.1) is 34.5 Å². The maximum Gasteiger partial charge on any atom is 0.243 e. The molecule has 0 heterocycles. The first-order chi connectivity index (χ1) is 24.1. The molecule has 2 saturated carbocycles. The molecule has 50 heavy (non-hydrogen) atoms. The molecule has 0 aromatic heterocycles. The third-order valence-corrected chi connectivity index (χ3v) is 10.1. The fraction of sp³-hybridized carbons (Fsp3) is 0.526. The molecule has 3 atom stereocenters. The summed E-state index contributed by atoms with van der Waals surface area (Å²) >= 11 is 0. The van der Waals surface area contributed by atoms with E-state index < -0.39 is 12.1 Å². The van der Waals surface area contributed by atoms with Gasteiger partial charge < -0.3 is 33.2 Å². The summed E-state index contributed by atoms with van der Waals surface area (Å²) in [7, 11) is 0. The van der Waals surface area contributed by atoms with E-state index in [-0.39, 0.29) is 53.8 Å². The molecule has 0 radical (unpaired) electrons. The van der Waals surface area contributed by atoms with Crippen LogP contribution >= 0.6 is 0 Å². The molecule has 2 aromatic carbocycles. The SMILES string of the molecule is N#Cc1cccc(CNC(=O)[C@H](CCCN=C(N)N)NC(=O)C(NC(=O)C(Cc2ccc(C(=N)N)cc2)C2CCCCC2)C2CCCCC2)c1. The number of rotatable bonds is 16. The third kappa shape index (κ3) is 11.6. The second kappa shape index (κ2) is 19.3. The molecule has 0 aliphatic heterocycles. The van der Waals surface area contributed by atoms with Crippen LogP contribution in [0.15, 0.2) is 53.5 Å². The number of nitrogen functional groups attached to an aromatic ring is 1. The van der Waals surface area contributed by atoms with Crippen molar-refractivity contribution in [3.63, 3.8) is 0 Å². The first kappa shape index (κ1) is 37.9. The monoisotopic (exact) mass is 683 g/mol. The van der Waals surface area contributed by atoms with E-state index in [1.807, 2.05) is 30.3 Å². The number of nitriles is 1. The largest absolute Gasteiger partial charge is 0.384 e. The number of carbonyl (C=O) groups excluding carboxylic acids is 3. The van der Waals surface area contributed by atoms with E-state index in [2.05, 4.69) is 27.0 Å². The highest BCUT2D eigenvalue weighted by Crippen LogP contribution is 2.33. The van der Waals surface area contributed by atoms with Gasteiger partial charge in [-0.25, -0.2) is 0 Å². The Morgan fingerprint density at radius 2 is 1.50 bits per heavy atom. The lowest BCUT2D eigenvalue weighted by Crippen LogP contribution is -2.57. The molecule has 2 fully saturated rings. The minimum Gasteiger partial charge on any atom is -0.384 e. The maximum absolute atomic E-state index is 14.3. The van der Waals surface area contributed by atoms with Crippen LogP contribution in [-0.2, 0) is 27.3 Å². The van der Waals surface area contributed by atoms with Crippen LogP contribution in [-0.4, -0.2) is 48.1 Å². The van der Waals surface area contributed by atoms with Crippen molar-refractivity contribution in [3.8, 4) is 6.07 Å². The summed E-state index contributed by atoms with van der Waals surface area (Å²) in [5.41, 5.74) is 19.5. The van der Waals surface area contributed by atoms with Gasteiger partial charge in [-0.05, 0) is 80.0 Å². The molecule has 3 amide bonds. The molecule has 0 spiro atoms. The van der Waals surface area contributed by atoms with Crippen molar-refractivity contribution in [3.05, 3.63) is 70.8 Å². The molecule has 2 unspecified atom stereocenters. The second-order valence-corrected chi connectivity index (χ2v) is 13.7. The third-order valence-electron chi connectivity index (χ3n) is 10.1. The maximum atomic E-state index is 14.3. The first-order valence-corrected chi connectivity index (χ1v) is 18.0. The van der Waals surface area contributed by atoms with Crippen LogP contribution in [0.4, 0.5) is 0 Å². The summed E-state index contributed by atoms with van der Waals surface area (Å²) in [4.78, 5) is 46.1. The number of guanidine groups is 1. The van der Waals surface area contributed by atoms with Gasteiger partial charge in [0.05, 0.1) is 11.6 Å². The molecule has 10 N–H and O–H groups in total. The predicted molar refractivity (Wildman–Crippen MR) is 195 cm³/mol. The zero-order valence-corrected chi connectivity index (χ0v) is 29.0. The van der Waals surface area contributed by atoms with Gasteiger partial charge in [0.1, 0.15) is 17.9 Å². The zero-order chi connectivity index (χ0) is 35.9. The van der Waals surface area contributed by atoms with Crippen molar-refractivity contribution < 1.29 is 14.4 Å². The van der Waals surface area contributed by atoms with Gasteiger partial charge in [0, 0.05) is 24.6 Å². The predicted octanol–water partition coefficient (Wildman–Crippen LogP) is 3.50. The van der Waals surface area contributed by atoms with Crippen LogP contribution in [0.3, 0.4) is 0 Å². The number of amidine groups is 1. The number of benzene rings is 2. The lowest BCUT2D eigenvalue weighted by atomic mass is 9.76. The molecular weight excluding hydrogens is 630 g/mol. The van der Waals surface area contributed by atoms with Crippen LogP contribution in [0.1, 0.15) is 99.3 Å². The van der Waals surface area contributed by atoms with Gasteiger partial charge in [0.25, 0.3) is 0 Å². The lowest BCUT2D eigenvalue weighted by Gasteiger charge is -2.34. The van der Waals surface area contributed by atoms with E-state index in [9.17, 15) is 19.6 Å². The van der Waals surface area contributed by atoms with Crippen molar-refractivity contribution in [1.29, 1.82) is 10.7 Å². The van der Waals surface area contributed by atoms with Gasteiger partial charge >= 0.3 is 0 Å². The molecule has 2 aromatic rings. The van der Waals surface area contributed by atoms with Gasteiger partial charge in [0.15, 0.2) is 5.96 Å². The number of hydrogen-bond acceptors (Lipinski definition) is 6. The van der Waals surface area contributed by atoms with Gasteiger partial charge in [0.2, 0.25) is 17.7 Å². The highest BCUT2D eigenvalue weighted by Gasteiger charge is 2.37. The van der Waals surface area contributed by atoms with Crippen molar-refractivity contribution in [1.82, 2.24) is 16.0 Å². The van der Waals surface area contributed by atoms with Gasteiger partial charge in [-0.15, -0.1) is 0 Å². The molecule has 2 aliphatic carbocycles. The van der Waals surface area contributed by atoms with Crippen LogP contribution in [0.5, 0.6) is 0 Å². The summed E-state index contributed by atoms with van der Waals surface area (Å²) < 4.78 is 0. The summed E-state index contributed by atoms with van der Waals surface area (Å²) in [5.74, 6) is -1.09. The van der Waals surface area contributed by atoms with Crippen LogP contribution < -0.4 is 33.2 Å². The van der Waals surface area contributed by atoms with Crippen molar-refractivity contribution in [2.75, 3.05) is 6.54 Å². The summed E-state index contributed by atoms with van der Waals surface area (Å²) in [6.45, 7) is 0.485. The molecule has 4 rings (SSSR count). The first-order valence-electron chi connectivity index (χ1n) is 18.0. The fourth-order valence-electron chi connectivity index (χ4n) is 7.31. The lowest BCUT2D eigenvalue weighted by molar-refractivity contribution is -0.135. The Morgan fingerprint density at radius 3 is 2.12 bits per heavy atom. The quantitative estimate of drug-likeness (QED) is 0.0791. The highest BCUT2D eigenvalue weighted by molar-refractivity contribution is 5.95. The Kier molecular flexibility index (Phi) is 14.6.